The first-order chi connectivity index (χ1) is 12.5. The number of ether oxygens (including phenoxy) is 1. The largest absolute Gasteiger partial charge is 0.378 e. The number of hydrogen-bond donors (Lipinski definition) is 1. The van der Waals surface area contributed by atoms with Crippen molar-refractivity contribution in [2.24, 2.45) is 7.05 Å². The van der Waals surface area contributed by atoms with Crippen LogP contribution in [0.2, 0.25) is 0 Å². The number of hydrogen-bond acceptors (Lipinski definition) is 4. The summed E-state index contributed by atoms with van der Waals surface area (Å²) in [7, 11) is 1.85. The number of amides is 2. The topological polar surface area (TPSA) is 76.5 Å². The van der Waals surface area contributed by atoms with E-state index in [1.54, 1.807) is 46.1 Å². The van der Waals surface area contributed by atoms with Gasteiger partial charge in [0.2, 0.25) is 5.91 Å². The predicted molar refractivity (Wildman–Crippen MR) is 98.8 cm³/mol. The van der Waals surface area contributed by atoms with Gasteiger partial charge in [-0.15, -0.1) is 0 Å². The lowest BCUT2D eigenvalue weighted by molar-refractivity contribution is -0.111. The Balaban J connectivity index is 1.59. The van der Waals surface area contributed by atoms with Gasteiger partial charge in [0.25, 0.3) is 5.91 Å². The summed E-state index contributed by atoms with van der Waals surface area (Å²) in [5.41, 5.74) is 3.13. The molecule has 3 rings (SSSR count). The Hall–Kier alpha value is -2.93. The van der Waals surface area contributed by atoms with Crippen LogP contribution < -0.4 is 5.32 Å². The third-order valence-corrected chi connectivity index (χ3v) is 4.39. The van der Waals surface area contributed by atoms with Gasteiger partial charge < -0.3 is 15.0 Å². The number of aryl methyl sites for hydroxylation is 1. The van der Waals surface area contributed by atoms with Gasteiger partial charge in [0.05, 0.1) is 19.4 Å². The summed E-state index contributed by atoms with van der Waals surface area (Å²) in [5.74, 6) is -0.251. The van der Waals surface area contributed by atoms with Crippen molar-refractivity contribution in [3.05, 3.63) is 53.4 Å². The average Bonchev–Trinajstić information content (AvgIpc) is 2.99. The zero-order chi connectivity index (χ0) is 18.5. The van der Waals surface area contributed by atoms with Crippen LogP contribution in [0.15, 0.2) is 36.5 Å². The van der Waals surface area contributed by atoms with E-state index in [9.17, 15) is 9.59 Å². The molecule has 136 valence electrons. The van der Waals surface area contributed by atoms with Crippen LogP contribution in [0.3, 0.4) is 0 Å². The summed E-state index contributed by atoms with van der Waals surface area (Å²) < 4.78 is 7.01. The lowest BCUT2D eigenvalue weighted by Gasteiger charge is -2.26. The first-order valence-electron chi connectivity index (χ1n) is 8.49. The molecule has 7 heteroatoms. The summed E-state index contributed by atoms with van der Waals surface area (Å²) in [5, 5.41) is 6.92. The van der Waals surface area contributed by atoms with E-state index in [2.05, 4.69) is 10.4 Å². The predicted octanol–water partition coefficient (Wildman–Crippen LogP) is 1.85. The molecule has 1 aliphatic heterocycles. The number of rotatable bonds is 4. The number of nitrogens with zero attached hydrogens (tertiary/aromatic N) is 3. The van der Waals surface area contributed by atoms with Crippen molar-refractivity contribution in [1.82, 2.24) is 14.7 Å². The molecule has 26 heavy (non-hydrogen) atoms. The van der Waals surface area contributed by atoms with Crippen LogP contribution in [0, 0.1) is 6.92 Å². The normalized spacial score (nSPS) is 14.6. The Labute approximate surface area is 152 Å². The van der Waals surface area contributed by atoms with Crippen LogP contribution in [0.5, 0.6) is 0 Å². The number of anilines is 1. The van der Waals surface area contributed by atoms with E-state index in [0.717, 1.165) is 11.3 Å². The molecule has 1 saturated heterocycles. The number of aromatic nitrogens is 2. The fraction of sp³-hybridized carbons (Fsp3) is 0.316. The third-order valence-electron chi connectivity index (χ3n) is 4.39. The molecular weight excluding hydrogens is 332 g/mol. The Morgan fingerprint density at radius 1 is 1.19 bits per heavy atom. The Morgan fingerprint density at radius 2 is 1.88 bits per heavy atom. The molecule has 0 saturated carbocycles. The molecule has 2 amide bonds. The van der Waals surface area contributed by atoms with Crippen molar-refractivity contribution in [3.8, 4) is 0 Å². The zero-order valence-electron chi connectivity index (χ0n) is 14.9. The van der Waals surface area contributed by atoms with Gasteiger partial charge >= 0.3 is 0 Å². The summed E-state index contributed by atoms with van der Waals surface area (Å²) in [6.07, 6.45) is 4.91. The van der Waals surface area contributed by atoms with E-state index in [1.165, 1.54) is 6.08 Å². The third kappa shape index (κ3) is 4.18. The molecule has 1 aliphatic rings. The minimum atomic E-state index is -0.236. The van der Waals surface area contributed by atoms with Crippen LogP contribution in [-0.2, 0) is 16.6 Å². The van der Waals surface area contributed by atoms with E-state index >= 15 is 0 Å². The lowest BCUT2D eigenvalue weighted by atomic mass is 10.1. The molecule has 0 atom stereocenters. The van der Waals surface area contributed by atoms with Gasteiger partial charge in [0.1, 0.15) is 0 Å². The fourth-order valence-electron chi connectivity index (χ4n) is 2.67. The van der Waals surface area contributed by atoms with Crippen molar-refractivity contribution in [2.45, 2.75) is 6.92 Å². The zero-order valence-corrected chi connectivity index (χ0v) is 14.9. The molecule has 1 aromatic heterocycles. The van der Waals surface area contributed by atoms with Gasteiger partial charge in [-0.05, 0) is 37.3 Å². The molecule has 1 fully saturated rings. The Bertz CT molecular complexity index is 818. The second-order valence-electron chi connectivity index (χ2n) is 6.11. The minimum absolute atomic E-state index is 0.0156. The second kappa shape index (κ2) is 7.97. The van der Waals surface area contributed by atoms with Gasteiger partial charge in [0, 0.05) is 48.7 Å². The first-order valence-corrected chi connectivity index (χ1v) is 8.49. The van der Waals surface area contributed by atoms with Gasteiger partial charge in [-0.25, -0.2) is 0 Å². The van der Waals surface area contributed by atoms with Crippen molar-refractivity contribution in [1.29, 1.82) is 0 Å². The van der Waals surface area contributed by atoms with Gasteiger partial charge in [0.15, 0.2) is 0 Å². The van der Waals surface area contributed by atoms with Crippen LogP contribution in [0.4, 0.5) is 5.69 Å². The van der Waals surface area contributed by atoms with Crippen LogP contribution in [-0.4, -0.2) is 52.8 Å². The van der Waals surface area contributed by atoms with Gasteiger partial charge in [-0.1, -0.05) is 0 Å². The van der Waals surface area contributed by atoms with E-state index in [0.29, 0.717) is 37.6 Å². The molecule has 2 aromatic rings. The van der Waals surface area contributed by atoms with Crippen LogP contribution in [0.1, 0.15) is 21.6 Å². The van der Waals surface area contributed by atoms with Crippen molar-refractivity contribution in [2.75, 3.05) is 31.6 Å². The maximum absolute atomic E-state index is 12.4. The van der Waals surface area contributed by atoms with Gasteiger partial charge in [-0.2, -0.15) is 5.10 Å². The van der Waals surface area contributed by atoms with Crippen molar-refractivity contribution >= 4 is 23.6 Å². The molecule has 0 spiro atoms. The average molecular weight is 354 g/mol. The highest BCUT2D eigenvalue weighted by Gasteiger charge is 2.18. The number of nitrogens with one attached hydrogen (secondary N) is 1. The molecule has 0 radical (unpaired) electrons. The SMILES string of the molecule is Cc1c(/C=C/C(=O)Nc2ccc(C(=O)N3CCOCC3)cc2)cnn1C. The summed E-state index contributed by atoms with van der Waals surface area (Å²) in [6, 6.07) is 6.91. The summed E-state index contributed by atoms with van der Waals surface area (Å²) in [6.45, 7) is 4.30. The van der Waals surface area contributed by atoms with Crippen molar-refractivity contribution < 1.29 is 14.3 Å². The molecule has 1 N–H and O–H groups in total. The molecular formula is C19H22N4O3. The summed E-state index contributed by atoms with van der Waals surface area (Å²) >= 11 is 0. The van der Waals surface area contributed by atoms with E-state index in [4.69, 9.17) is 4.74 Å². The Morgan fingerprint density at radius 3 is 2.50 bits per heavy atom. The monoisotopic (exact) mass is 354 g/mol. The molecule has 2 heterocycles. The standard InChI is InChI=1S/C19H22N4O3/c1-14-16(13-20-22(14)2)5-8-18(24)21-17-6-3-15(4-7-17)19(25)23-9-11-26-12-10-23/h3-8,13H,9-12H2,1-2H3,(H,21,24)/b8-5+. The lowest BCUT2D eigenvalue weighted by Crippen LogP contribution is -2.40. The molecule has 7 nitrogen and oxygen atoms in total. The number of morpholine rings is 1. The molecule has 0 bridgehead atoms. The maximum Gasteiger partial charge on any atom is 0.254 e. The second-order valence-corrected chi connectivity index (χ2v) is 6.11. The van der Waals surface area contributed by atoms with Gasteiger partial charge in [-0.3, -0.25) is 14.3 Å². The smallest absolute Gasteiger partial charge is 0.254 e. The van der Waals surface area contributed by atoms with E-state index in [-0.39, 0.29) is 11.8 Å². The van der Waals surface area contributed by atoms with Crippen LogP contribution >= 0.6 is 0 Å². The van der Waals surface area contributed by atoms with Crippen molar-refractivity contribution in [3.63, 3.8) is 0 Å². The highest BCUT2D eigenvalue weighted by Crippen LogP contribution is 2.13. The first kappa shape index (κ1) is 17.9. The minimum Gasteiger partial charge on any atom is -0.378 e. The number of carbonyl (C=O) groups excluding carboxylic acids is 2. The fourth-order valence-corrected chi connectivity index (χ4v) is 2.67. The Kier molecular flexibility index (Phi) is 5.48. The molecule has 1 aromatic carbocycles. The highest BCUT2D eigenvalue weighted by atomic mass is 16.5. The quantitative estimate of drug-likeness (QED) is 0.850. The highest BCUT2D eigenvalue weighted by molar-refractivity contribution is 6.02. The van der Waals surface area contributed by atoms with E-state index < -0.39 is 0 Å². The molecule has 0 unspecified atom stereocenters. The number of carbonyl (C=O) groups is 2. The summed E-state index contributed by atoms with van der Waals surface area (Å²) in [4.78, 5) is 26.2. The number of benzene rings is 1. The van der Waals surface area contributed by atoms with E-state index in [1.807, 2.05) is 14.0 Å². The van der Waals surface area contributed by atoms with Crippen LogP contribution in [0.25, 0.3) is 6.08 Å². The maximum atomic E-state index is 12.4. The molecule has 0 aliphatic carbocycles.